The van der Waals surface area contributed by atoms with Crippen LogP contribution in [0.3, 0.4) is 0 Å². The predicted octanol–water partition coefficient (Wildman–Crippen LogP) is 2.68. The highest BCUT2D eigenvalue weighted by Crippen LogP contribution is 2.53. The summed E-state index contributed by atoms with van der Waals surface area (Å²) < 4.78 is 13.7. The Morgan fingerprint density at radius 3 is 2.73 bits per heavy atom. The second-order valence-electron chi connectivity index (χ2n) is 4.92. The molecule has 80 valence electrons. The molecule has 1 aliphatic heterocycles. The normalized spacial score (nSPS) is 27.9. The van der Waals surface area contributed by atoms with Gasteiger partial charge in [0.15, 0.2) is 0 Å². The average Bonchev–Trinajstić information content (AvgIpc) is 2.62. The molecule has 2 heteroatoms. The van der Waals surface area contributed by atoms with Gasteiger partial charge in [-0.1, -0.05) is 24.6 Å². The van der Waals surface area contributed by atoms with Crippen LogP contribution in [-0.2, 0) is 0 Å². The molecule has 0 unspecified atom stereocenters. The summed E-state index contributed by atoms with van der Waals surface area (Å²) in [7, 11) is 0. The standard InChI is InChI=1S/C13H16FN/c14-12-5-2-1-4-10(12)11-8-15-9-13(11)6-3-7-13/h1-2,4-5,11,15H,3,6-9H2/t11-/m0/s1. The minimum Gasteiger partial charge on any atom is -0.316 e. The van der Waals surface area contributed by atoms with E-state index >= 15 is 0 Å². The smallest absolute Gasteiger partial charge is 0.126 e. The van der Waals surface area contributed by atoms with Gasteiger partial charge in [0.1, 0.15) is 5.82 Å². The van der Waals surface area contributed by atoms with Crippen LogP contribution in [0.25, 0.3) is 0 Å². The molecule has 2 aliphatic rings. The summed E-state index contributed by atoms with van der Waals surface area (Å²) in [6, 6.07) is 7.25. The van der Waals surface area contributed by atoms with Crippen molar-refractivity contribution in [1.29, 1.82) is 0 Å². The van der Waals surface area contributed by atoms with Crippen LogP contribution in [0.4, 0.5) is 4.39 Å². The Bertz CT molecular complexity index is 371. The average molecular weight is 205 g/mol. The van der Waals surface area contributed by atoms with Crippen LogP contribution in [0.2, 0.25) is 0 Å². The summed E-state index contributed by atoms with van der Waals surface area (Å²) in [6.45, 7) is 2.02. The van der Waals surface area contributed by atoms with Gasteiger partial charge in [0, 0.05) is 19.0 Å². The van der Waals surface area contributed by atoms with Gasteiger partial charge in [-0.15, -0.1) is 0 Å². The van der Waals surface area contributed by atoms with Crippen molar-refractivity contribution in [3.63, 3.8) is 0 Å². The lowest BCUT2D eigenvalue weighted by atomic mass is 9.61. The highest BCUT2D eigenvalue weighted by Gasteiger charge is 2.48. The molecule has 0 bridgehead atoms. The third kappa shape index (κ3) is 1.31. The van der Waals surface area contributed by atoms with E-state index in [9.17, 15) is 4.39 Å². The fourth-order valence-electron chi connectivity index (χ4n) is 3.16. The van der Waals surface area contributed by atoms with Gasteiger partial charge >= 0.3 is 0 Å². The highest BCUT2D eigenvalue weighted by atomic mass is 19.1. The van der Waals surface area contributed by atoms with Gasteiger partial charge in [-0.25, -0.2) is 4.39 Å². The minimum atomic E-state index is -0.0301. The first-order valence-electron chi connectivity index (χ1n) is 5.77. The van der Waals surface area contributed by atoms with Crippen LogP contribution in [0.15, 0.2) is 24.3 Å². The van der Waals surface area contributed by atoms with E-state index in [4.69, 9.17) is 0 Å². The molecule has 1 saturated heterocycles. The molecule has 15 heavy (non-hydrogen) atoms. The second kappa shape index (κ2) is 3.31. The Kier molecular flexibility index (Phi) is 2.06. The van der Waals surface area contributed by atoms with Gasteiger partial charge < -0.3 is 5.32 Å². The number of benzene rings is 1. The maximum Gasteiger partial charge on any atom is 0.126 e. The van der Waals surface area contributed by atoms with Crippen LogP contribution < -0.4 is 5.32 Å². The summed E-state index contributed by atoms with van der Waals surface area (Å²) in [5, 5.41) is 3.42. The molecule has 0 aromatic heterocycles. The zero-order chi connectivity index (χ0) is 10.3. The third-order valence-corrected chi connectivity index (χ3v) is 4.19. The van der Waals surface area contributed by atoms with E-state index in [2.05, 4.69) is 5.32 Å². The fourth-order valence-corrected chi connectivity index (χ4v) is 3.16. The molecule has 1 saturated carbocycles. The molecule has 1 aliphatic carbocycles. The Hall–Kier alpha value is -0.890. The lowest BCUT2D eigenvalue weighted by Gasteiger charge is -2.43. The Morgan fingerprint density at radius 2 is 2.07 bits per heavy atom. The molecule has 1 N–H and O–H groups in total. The summed E-state index contributed by atoms with van der Waals surface area (Å²) in [5.74, 6) is 0.366. The van der Waals surface area contributed by atoms with Crippen molar-refractivity contribution >= 4 is 0 Å². The monoisotopic (exact) mass is 205 g/mol. The first-order valence-corrected chi connectivity index (χ1v) is 5.77. The van der Waals surface area contributed by atoms with E-state index in [0.29, 0.717) is 11.3 Å². The van der Waals surface area contributed by atoms with E-state index in [0.717, 1.165) is 18.7 Å². The molecule has 1 spiro atoms. The highest BCUT2D eigenvalue weighted by molar-refractivity contribution is 5.27. The second-order valence-corrected chi connectivity index (χ2v) is 4.92. The lowest BCUT2D eigenvalue weighted by molar-refractivity contribution is 0.135. The van der Waals surface area contributed by atoms with Gasteiger partial charge in [0.25, 0.3) is 0 Å². The number of nitrogens with one attached hydrogen (secondary N) is 1. The van der Waals surface area contributed by atoms with E-state index in [1.165, 1.54) is 19.3 Å². The number of halogens is 1. The summed E-state index contributed by atoms with van der Waals surface area (Å²) in [5.41, 5.74) is 1.30. The first-order chi connectivity index (χ1) is 7.32. The zero-order valence-electron chi connectivity index (χ0n) is 8.80. The molecular weight excluding hydrogens is 189 g/mol. The molecular formula is C13H16FN. The van der Waals surface area contributed by atoms with E-state index < -0.39 is 0 Å². The number of hydrogen-bond acceptors (Lipinski definition) is 1. The molecule has 1 aromatic carbocycles. The van der Waals surface area contributed by atoms with Crippen LogP contribution >= 0.6 is 0 Å². The molecule has 1 nitrogen and oxygen atoms in total. The van der Waals surface area contributed by atoms with E-state index in [1.807, 2.05) is 12.1 Å². The summed E-state index contributed by atoms with van der Waals surface area (Å²) in [6.07, 6.45) is 3.84. The molecule has 1 atom stereocenters. The van der Waals surface area contributed by atoms with Crippen molar-refractivity contribution < 1.29 is 4.39 Å². The third-order valence-electron chi connectivity index (χ3n) is 4.19. The van der Waals surface area contributed by atoms with Crippen LogP contribution in [0.5, 0.6) is 0 Å². The van der Waals surface area contributed by atoms with Gasteiger partial charge in [-0.2, -0.15) is 0 Å². The van der Waals surface area contributed by atoms with Crippen LogP contribution in [0.1, 0.15) is 30.7 Å². The number of hydrogen-bond donors (Lipinski definition) is 1. The van der Waals surface area contributed by atoms with Crippen molar-refractivity contribution in [2.75, 3.05) is 13.1 Å². The van der Waals surface area contributed by atoms with Crippen LogP contribution in [0, 0.1) is 11.2 Å². The van der Waals surface area contributed by atoms with E-state index in [-0.39, 0.29) is 5.82 Å². The maximum atomic E-state index is 13.7. The fraction of sp³-hybridized carbons (Fsp3) is 0.538. The van der Waals surface area contributed by atoms with Crippen molar-refractivity contribution in [1.82, 2.24) is 5.32 Å². The Labute approximate surface area is 89.7 Å². The van der Waals surface area contributed by atoms with Crippen molar-refractivity contribution in [3.8, 4) is 0 Å². The summed E-state index contributed by atoms with van der Waals surface area (Å²) >= 11 is 0. The van der Waals surface area contributed by atoms with Crippen molar-refractivity contribution in [3.05, 3.63) is 35.6 Å². The van der Waals surface area contributed by atoms with E-state index in [1.54, 1.807) is 12.1 Å². The topological polar surface area (TPSA) is 12.0 Å². The zero-order valence-corrected chi connectivity index (χ0v) is 8.80. The first kappa shape index (κ1) is 9.34. The van der Waals surface area contributed by atoms with Crippen molar-refractivity contribution in [2.45, 2.75) is 25.2 Å². The molecule has 2 fully saturated rings. The number of rotatable bonds is 1. The molecule has 1 aromatic rings. The SMILES string of the molecule is Fc1ccccc1[C@@H]1CNCC12CCC2. The van der Waals surface area contributed by atoms with Gasteiger partial charge in [0.2, 0.25) is 0 Å². The minimum absolute atomic E-state index is 0.0301. The lowest BCUT2D eigenvalue weighted by Crippen LogP contribution is -2.36. The summed E-state index contributed by atoms with van der Waals surface area (Å²) in [4.78, 5) is 0. The Balaban J connectivity index is 1.96. The van der Waals surface area contributed by atoms with Gasteiger partial charge in [0.05, 0.1) is 0 Å². The van der Waals surface area contributed by atoms with Crippen LogP contribution in [-0.4, -0.2) is 13.1 Å². The van der Waals surface area contributed by atoms with Gasteiger partial charge in [-0.3, -0.25) is 0 Å². The molecule has 0 amide bonds. The molecule has 1 heterocycles. The van der Waals surface area contributed by atoms with Crippen molar-refractivity contribution in [2.24, 2.45) is 5.41 Å². The van der Waals surface area contributed by atoms with Gasteiger partial charge in [-0.05, 0) is 29.9 Å². The molecule has 0 radical (unpaired) electrons. The largest absolute Gasteiger partial charge is 0.316 e. The Morgan fingerprint density at radius 1 is 1.27 bits per heavy atom. The maximum absolute atomic E-state index is 13.7. The quantitative estimate of drug-likeness (QED) is 0.743. The predicted molar refractivity (Wildman–Crippen MR) is 58.3 cm³/mol. The molecule has 3 rings (SSSR count).